The van der Waals surface area contributed by atoms with Gasteiger partial charge in [-0.3, -0.25) is 0 Å². The van der Waals surface area contributed by atoms with Crippen LogP contribution in [0.5, 0.6) is 0 Å². The first-order valence-corrected chi connectivity index (χ1v) is 6.83. The molecule has 3 heteroatoms. The fourth-order valence-corrected chi connectivity index (χ4v) is 1.36. The van der Waals surface area contributed by atoms with Gasteiger partial charge in [0.05, 0.1) is 27.7 Å². The van der Waals surface area contributed by atoms with E-state index in [-0.39, 0.29) is 6.42 Å². The van der Waals surface area contributed by atoms with Crippen LogP contribution in [0.25, 0.3) is 0 Å². The molecule has 0 aromatic heterocycles. The first-order chi connectivity index (χ1) is 7.83. The van der Waals surface area contributed by atoms with Gasteiger partial charge in [0.1, 0.15) is 0 Å². The van der Waals surface area contributed by atoms with Gasteiger partial charge < -0.3 is 14.4 Å². The van der Waals surface area contributed by atoms with Crippen LogP contribution in [-0.2, 0) is 4.79 Å². The Morgan fingerprint density at radius 2 is 1.41 bits per heavy atom. The van der Waals surface area contributed by atoms with Crippen molar-refractivity contribution in [3.63, 3.8) is 0 Å². The number of carboxylic acid groups (broad SMARTS) is 1. The standard InChI is InChI=1S/C8H20N.C6H12O2/c1-5-6-7-8-9(2,3)4;1-2-3-4-5-6(7)8/h5-8H2,1-4H3;2-5H2,1H3,(H,7,8)/q+1;/p-1. The minimum Gasteiger partial charge on any atom is -0.550 e. The number of hydrogen-bond acceptors (Lipinski definition) is 2. The van der Waals surface area contributed by atoms with E-state index in [0.29, 0.717) is 0 Å². The number of hydrogen-bond donors (Lipinski definition) is 0. The van der Waals surface area contributed by atoms with Gasteiger partial charge >= 0.3 is 0 Å². The molecular weight excluding hydrogens is 214 g/mol. The van der Waals surface area contributed by atoms with Crippen molar-refractivity contribution < 1.29 is 14.4 Å². The van der Waals surface area contributed by atoms with Crippen molar-refractivity contribution >= 4 is 5.97 Å². The molecule has 0 heterocycles. The van der Waals surface area contributed by atoms with Crippen LogP contribution in [0.1, 0.15) is 58.8 Å². The third-order valence-electron chi connectivity index (χ3n) is 2.42. The summed E-state index contributed by atoms with van der Waals surface area (Å²) >= 11 is 0. The molecule has 0 atom stereocenters. The molecule has 104 valence electrons. The lowest BCUT2D eigenvalue weighted by molar-refractivity contribution is -0.870. The highest BCUT2D eigenvalue weighted by Crippen LogP contribution is 1.99. The van der Waals surface area contributed by atoms with E-state index in [2.05, 4.69) is 28.1 Å². The maximum Gasteiger partial charge on any atom is 0.0780 e. The van der Waals surface area contributed by atoms with Gasteiger partial charge in [0.2, 0.25) is 0 Å². The first-order valence-electron chi connectivity index (χ1n) is 6.83. The molecule has 0 aliphatic rings. The highest BCUT2D eigenvalue weighted by molar-refractivity contribution is 5.63. The molecule has 0 N–H and O–H groups in total. The number of quaternary nitrogens is 1. The Labute approximate surface area is 107 Å². The van der Waals surface area contributed by atoms with Crippen LogP contribution in [0.3, 0.4) is 0 Å². The molecule has 0 bridgehead atoms. The van der Waals surface area contributed by atoms with Crippen LogP contribution in [0.15, 0.2) is 0 Å². The van der Waals surface area contributed by atoms with Gasteiger partial charge in [-0.15, -0.1) is 0 Å². The zero-order valence-electron chi connectivity index (χ0n) is 12.4. The minimum absolute atomic E-state index is 0.216. The van der Waals surface area contributed by atoms with Crippen LogP contribution >= 0.6 is 0 Å². The van der Waals surface area contributed by atoms with Crippen molar-refractivity contribution in [1.82, 2.24) is 0 Å². The summed E-state index contributed by atoms with van der Waals surface area (Å²) in [7, 11) is 6.74. The molecule has 0 saturated carbocycles. The smallest absolute Gasteiger partial charge is 0.0780 e. The summed E-state index contributed by atoms with van der Waals surface area (Å²) in [5.74, 6) is -0.932. The van der Waals surface area contributed by atoms with E-state index in [9.17, 15) is 9.90 Å². The molecule has 17 heavy (non-hydrogen) atoms. The van der Waals surface area contributed by atoms with Gasteiger partial charge in [0.25, 0.3) is 0 Å². The normalized spacial score (nSPS) is 10.6. The molecule has 0 aliphatic carbocycles. The van der Waals surface area contributed by atoms with E-state index in [1.165, 1.54) is 25.8 Å². The Kier molecular flexibility index (Phi) is 13.2. The van der Waals surface area contributed by atoms with Crippen LogP contribution < -0.4 is 5.11 Å². The Morgan fingerprint density at radius 1 is 0.941 bits per heavy atom. The monoisotopic (exact) mass is 245 g/mol. The fourth-order valence-electron chi connectivity index (χ4n) is 1.36. The first kappa shape index (κ1) is 18.8. The lowest BCUT2D eigenvalue weighted by Gasteiger charge is -2.23. The molecule has 0 aromatic carbocycles. The molecule has 0 unspecified atom stereocenters. The molecule has 0 radical (unpaired) electrons. The molecule has 0 aliphatic heterocycles. The average molecular weight is 245 g/mol. The lowest BCUT2D eigenvalue weighted by atomic mass is 10.2. The zero-order chi connectivity index (χ0) is 13.7. The molecule has 0 aromatic rings. The van der Waals surface area contributed by atoms with Crippen LogP contribution in [0.2, 0.25) is 0 Å². The summed E-state index contributed by atoms with van der Waals surface area (Å²) in [5, 5.41) is 9.76. The van der Waals surface area contributed by atoms with Crippen molar-refractivity contribution in [2.45, 2.75) is 58.8 Å². The zero-order valence-corrected chi connectivity index (χ0v) is 12.4. The highest BCUT2D eigenvalue weighted by Gasteiger charge is 2.03. The van der Waals surface area contributed by atoms with Gasteiger partial charge in [-0.25, -0.2) is 0 Å². The second kappa shape index (κ2) is 11.9. The Morgan fingerprint density at radius 3 is 1.76 bits per heavy atom. The summed E-state index contributed by atoms with van der Waals surface area (Å²) in [6.45, 7) is 5.60. The Balaban J connectivity index is 0. The maximum absolute atomic E-state index is 9.76. The molecule has 0 rings (SSSR count). The number of unbranched alkanes of at least 4 members (excludes halogenated alkanes) is 4. The number of carboxylic acids is 1. The molecule has 0 fully saturated rings. The van der Waals surface area contributed by atoms with Crippen LogP contribution in [0.4, 0.5) is 0 Å². The number of carbonyl (C=O) groups excluding carboxylic acids is 1. The Bertz CT molecular complexity index is 174. The van der Waals surface area contributed by atoms with E-state index < -0.39 is 5.97 Å². The summed E-state index contributed by atoms with van der Waals surface area (Å²) in [6.07, 6.45) is 7.13. The Hall–Kier alpha value is -0.570. The number of rotatable bonds is 8. The topological polar surface area (TPSA) is 40.1 Å². The van der Waals surface area contributed by atoms with E-state index in [4.69, 9.17) is 0 Å². The van der Waals surface area contributed by atoms with Crippen molar-refractivity contribution in [2.75, 3.05) is 27.7 Å². The summed E-state index contributed by atoms with van der Waals surface area (Å²) in [5.41, 5.74) is 0. The fraction of sp³-hybridized carbons (Fsp3) is 0.929. The molecule has 0 spiro atoms. The average Bonchev–Trinajstić information content (AvgIpc) is 2.17. The van der Waals surface area contributed by atoms with Crippen molar-refractivity contribution in [1.29, 1.82) is 0 Å². The van der Waals surface area contributed by atoms with Gasteiger partial charge in [-0.05, 0) is 25.7 Å². The van der Waals surface area contributed by atoms with Gasteiger partial charge in [-0.2, -0.15) is 0 Å². The lowest BCUT2D eigenvalue weighted by Crippen LogP contribution is -2.35. The van der Waals surface area contributed by atoms with E-state index in [1.807, 2.05) is 6.92 Å². The van der Waals surface area contributed by atoms with E-state index in [1.54, 1.807) is 0 Å². The van der Waals surface area contributed by atoms with Gasteiger partial charge in [-0.1, -0.05) is 33.1 Å². The van der Waals surface area contributed by atoms with E-state index in [0.717, 1.165) is 23.7 Å². The van der Waals surface area contributed by atoms with Crippen LogP contribution in [-0.4, -0.2) is 38.1 Å². The number of carbonyl (C=O) groups is 1. The molecule has 3 nitrogen and oxygen atoms in total. The second-order valence-electron chi connectivity index (χ2n) is 5.55. The summed E-state index contributed by atoms with van der Waals surface area (Å²) in [4.78, 5) is 9.76. The van der Waals surface area contributed by atoms with Crippen LogP contribution in [0, 0.1) is 0 Å². The molecular formula is C14H31NO2. The van der Waals surface area contributed by atoms with Crippen molar-refractivity contribution in [3.05, 3.63) is 0 Å². The molecule has 0 amide bonds. The SMILES string of the molecule is CCCCCC(=O)[O-].CCCCC[N+](C)(C)C. The third-order valence-corrected chi connectivity index (χ3v) is 2.42. The number of aliphatic carboxylic acids is 1. The third kappa shape index (κ3) is 25.6. The second-order valence-corrected chi connectivity index (χ2v) is 5.55. The van der Waals surface area contributed by atoms with Crippen molar-refractivity contribution in [2.24, 2.45) is 0 Å². The summed E-state index contributed by atoms with van der Waals surface area (Å²) < 4.78 is 1.11. The minimum atomic E-state index is -0.932. The quantitative estimate of drug-likeness (QED) is 0.486. The predicted octanol–water partition coefficient (Wildman–Crippen LogP) is 2.20. The largest absolute Gasteiger partial charge is 0.550 e. The highest BCUT2D eigenvalue weighted by atomic mass is 16.4. The van der Waals surface area contributed by atoms with Gasteiger partial charge in [0.15, 0.2) is 0 Å². The maximum atomic E-state index is 9.76. The van der Waals surface area contributed by atoms with E-state index >= 15 is 0 Å². The number of nitrogens with zero attached hydrogens (tertiary/aromatic N) is 1. The predicted molar refractivity (Wildman–Crippen MR) is 71.6 cm³/mol. The summed E-state index contributed by atoms with van der Waals surface area (Å²) in [6, 6.07) is 0. The van der Waals surface area contributed by atoms with Crippen molar-refractivity contribution in [3.8, 4) is 0 Å². The molecule has 0 saturated heterocycles. The van der Waals surface area contributed by atoms with Gasteiger partial charge in [0, 0.05) is 5.97 Å².